The third kappa shape index (κ3) is 5.07. The van der Waals surface area contributed by atoms with Gasteiger partial charge in [-0.1, -0.05) is 144 Å². The summed E-state index contributed by atoms with van der Waals surface area (Å²) >= 11 is 0. The van der Waals surface area contributed by atoms with Crippen molar-refractivity contribution in [1.82, 2.24) is 0 Å². The van der Waals surface area contributed by atoms with E-state index in [4.69, 9.17) is 4.43 Å². The fraction of sp³-hybridized carbons (Fsp3) is 0.300. The van der Waals surface area contributed by atoms with Crippen LogP contribution in [0, 0.1) is 5.92 Å². The topological polar surface area (TPSA) is 9.23 Å². The zero-order valence-electron chi connectivity index (χ0n) is 21.1. The molecule has 0 radical (unpaired) electrons. The van der Waals surface area contributed by atoms with Crippen LogP contribution in [0.1, 0.15) is 27.7 Å². The van der Waals surface area contributed by atoms with Crippen molar-refractivity contribution >= 4 is 32.0 Å². The molecule has 0 aliphatic carbocycles. The molecule has 0 amide bonds. The minimum absolute atomic E-state index is 0.0279. The van der Waals surface area contributed by atoms with Gasteiger partial charge < -0.3 is 4.43 Å². The predicted molar refractivity (Wildman–Crippen MR) is 149 cm³/mol. The Balaban J connectivity index is 2.02. The minimum atomic E-state index is -2.56. The lowest BCUT2D eigenvalue weighted by Crippen LogP contribution is -2.67. The lowest BCUT2D eigenvalue weighted by atomic mass is 10.2. The van der Waals surface area contributed by atoms with Crippen molar-refractivity contribution in [2.24, 2.45) is 5.92 Å². The molecule has 0 spiro atoms. The lowest BCUT2D eigenvalue weighted by molar-refractivity contribution is 0.265. The fourth-order valence-electron chi connectivity index (χ4n) is 5.12. The normalized spacial score (nSPS) is 13.3. The summed E-state index contributed by atoms with van der Waals surface area (Å²) in [6.45, 7) is 18.8. The first-order valence-electron chi connectivity index (χ1n) is 11.9. The van der Waals surface area contributed by atoms with Crippen molar-refractivity contribution in [1.29, 1.82) is 0 Å². The van der Waals surface area contributed by atoms with E-state index in [1.54, 1.807) is 0 Å². The van der Waals surface area contributed by atoms with Gasteiger partial charge in [-0.3, -0.25) is 0 Å². The average molecular weight is 471 g/mol. The molecule has 1 atom stereocenters. The maximum atomic E-state index is 7.21. The Kier molecular flexibility index (Phi) is 7.82. The van der Waals surface area contributed by atoms with Gasteiger partial charge in [-0.25, -0.2) is 0 Å². The molecule has 0 saturated heterocycles. The molecule has 0 saturated carbocycles. The van der Waals surface area contributed by atoms with Crippen LogP contribution < -0.4 is 15.6 Å². The zero-order valence-corrected chi connectivity index (χ0v) is 23.1. The van der Waals surface area contributed by atoms with Gasteiger partial charge in [-0.2, -0.15) is 0 Å². The van der Waals surface area contributed by atoms with E-state index in [0.717, 1.165) is 0 Å². The summed E-state index contributed by atoms with van der Waals surface area (Å²) < 4.78 is 7.21. The number of rotatable bonds is 8. The molecule has 3 heteroatoms. The van der Waals surface area contributed by atoms with Crippen molar-refractivity contribution in [3.63, 3.8) is 0 Å². The standard InChI is InChI=1S/C30H38OSi2/c1-8-29(32(6,7)26-18-12-9-13-19-26)25(2)24-31-33(30(3,4)5,27-20-14-10-15-21-27)28-22-16-11-17-23-28/h9-23,25H,1,24H2,2-7H3/t25-/m1/s1. The second kappa shape index (κ2) is 10.2. The van der Waals surface area contributed by atoms with E-state index >= 15 is 0 Å². The molecular formula is C30H38OSi2. The molecule has 1 nitrogen and oxygen atoms in total. The maximum Gasteiger partial charge on any atom is 0.261 e. The highest BCUT2D eigenvalue weighted by molar-refractivity contribution is 6.99. The quantitative estimate of drug-likeness (QED) is 0.287. The zero-order chi connectivity index (χ0) is 24.1. The number of hydrogen-bond acceptors (Lipinski definition) is 1. The van der Waals surface area contributed by atoms with E-state index in [1.807, 2.05) is 0 Å². The summed E-state index contributed by atoms with van der Waals surface area (Å²) in [4.78, 5) is 0. The Bertz CT molecular complexity index is 1040. The van der Waals surface area contributed by atoms with Gasteiger partial charge in [0.05, 0.1) is 0 Å². The molecule has 0 bridgehead atoms. The van der Waals surface area contributed by atoms with E-state index < -0.39 is 16.4 Å². The van der Waals surface area contributed by atoms with Crippen molar-refractivity contribution in [3.8, 4) is 0 Å². The number of benzene rings is 3. The third-order valence-electron chi connectivity index (χ3n) is 6.82. The first-order chi connectivity index (χ1) is 15.6. The molecule has 0 N–H and O–H groups in total. The predicted octanol–water partition coefficient (Wildman–Crippen LogP) is 6.07. The SMILES string of the molecule is C=C=C([C@H](C)CO[Si](c1ccccc1)(c1ccccc1)C(C)(C)C)[Si](C)(C)c1ccccc1. The summed E-state index contributed by atoms with van der Waals surface area (Å²) in [6, 6.07) is 32.6. The molecule has 33 heavy (non-hydrogen) atoms. The van der Waals surface area contributed by atoms with E-state index in [2.05, 4.69) is 144 Å². The van der Waals surface area contributed by atoms with Crippen LogP contribution in [0.25, 0.3) is 0 Å². The minimum Gasteiger partial charge on any atom is -0.407 e. The van der Waals surface area contributed by atoms with Crippen LogP contribution in [-0.4, -0.2) is 23.0 Å². The molecule has 172 valence electrons. The van der Waals surface area contributed by atoms with E-state index in [1.165, 1.54) is 20.8 Å². The van der Waals surface area contributed by atoms with Gasteiger partial charge in [0, 0.05) is 12.5 Å². The molecule has 3 aromatic rings. The van der Waals surface area contributed by atoms with Gasteiger partial charge in [0.25, 0.3) is 8.32 Å². The van der Waals surface area contributed by atoms with Crippen LogP contribution in [0.15, 0.2) is 109 Å². The molecule has 0 heterocycles. The van der Waals surface area contributed by atoms with Gasteiger partial charge in [0.1, 0.15) is 8.07 Å². The van der Waals surface area contributed by atoms with Crippen LogP contribution in [0.4, 0.5) is 0 Å². The molecule has 0 fully saturated rings. The molecule has 0 unspecified atom stereocenters. The molecule has 0 aliphatic heterocycles. The van der Waals surface area contributed by atoms with Crippen LogP contribution in [-0.2, 0) is 4.43 Å². The monoisotopic (exact) mass is 470 g/mol. The molecule has 0 aromatic heterocycles. The Labute approximate surface area is 203 Å². The summed E-state index contributed by atoms with van der Waals surface area (Å²) in [5.74, 6) is 0.242. The van der Waals surface area contributed by atoms with Gasteiger partial charge in [-0.05, 0) is 20.6 Å². The smallest absolute Gasteiger partial charge is 0.261 e. The first kappa shape index (κ1) is 25.2. The van der Waals surface area contributed by atoms with Crippen LogP contribution in [0.3, 0.4) is 0 Å². The van der Waals surface area contributed by atoms with Crippen molar-refractivity contribution in [2.75, 3.05) is 6.61 Å². The Hall–Kier alpha value is -2.43. The van der Waals surface area contributed by atoms with Gasteiger partial charge in [-0.15, -0.1) is 5.73 Å². The second-order valence-electron chi connectivity index (χ2n) is 10.5. The van der Waals surface area contributed by atoms with Gasteiger partial charge in [0.2, 0.25) is 0 Å². The average Bonchev–Trinajstić information content (AvgIpc) is 2.81. The maximum absolute atomic E-state index is 7.21. The Morgan fingerprint density at radius 1 is 0.788 bits per heavy atom. The lowest BCUT2D eigenvalue weighted by Gasteiger charge is -2.44. The van der Waals surface area contributed by atoms with Gasteiger partial charge in [0.15, 0.2) is 0 Å². The molecule has 0 aliphatic rings. The Morgan fingerprint density at radius 3 is 1.55 bits per heavy atom. The Morgan fingerprint density at radius 2 is 1.18 bits per heavy atom. The summed E-state index contributed by atoms with van der Waals surface area (Å²) in [7, 11) is -4.45. The fourth-order valence-corrected chi connectivity index (χ4v) is 12.9. The summed E-state index contributed by atoms with van der Waals surface area (Å²) in [5, 5.41) is 5.35. The van der Waals surface area contributed by atoms with Gasteiger partial charge >= 0.3 is 0 Å². The van der Waals surface area contributed by atoms with E-state index in [-0.39, 0.29) is 11.0 Å². The van der Waals surface area contributed by atoms with Crippen LogP contribution in [0.5, 0.6) is 0 Å². The number of hydrogen-bond donors (Lipinski definition) is 0. The highest BCUT2D eigenvalue weighted by Gasteiger charge is 2.50. The summed E-state index contributed by atoms with van der Waals surface area (Å²) in [6.07, 6.45) is 0. The highest BCUT2D eigenvalue weighted by Crippen LogP contribution is 2.37. The third-order valence-corrected chi connectivity index (χ3v) is 15.6. The van der Waals surface area contributed by atoms with Crippen molar-refractivity contribution in [3.05, 3.63) is 109 Å². The largest absolute Gasteiger partial charge is 0.407 e. The van der Waals surface area contributed by atoms with Crippen LogP contribution >= 0.6 is 0 Å². The van der Waals surface area contributed by atoms with Crippen LogP contribution in [0.2, 0.25) is 18.1 Å². The van der Waals surface area contributed by atoms with Crippen molar-refractivity contribution < 1.29 is 4.43 Å². The van der Waals surface area contributed by atoms with E-state index in [0.29, 0.717) is 6.61 Å². The van der Waals surface area contributed by atoms with E-state index in [9.17, 15) is 0 Å². The summed E-state index contributed by atoms with van der Waals surface area (Å²) in [5.41, 5.74) is 3.36. The molecular weight excluding hydrogens is 433 g/mol. The second-order valence-corrected chi connectivity index (χ2v) is 19.1. The first-order valence-corrected chi connectivity index (χ1v) is 16.8. The highest BCUT2D eigenvalue weighted by atomic mass is 28.4. The molecule has 3 rings (SSSR count). The molecule has 3 aromatic carbocycles. The van der Waals surface area contributed by atoms with Crippen molar-refractivity contribution in [2.45, 2.75) is 45.8 Å².